The molecule has 0 radical (unpaired) electrons. The molecule has 1 amide bonds. The monoisotopic (exact) mass is 388 g/mol. The number of morpholine rings is 1. The zero-order valence-electron chi connectivity index (χ0n) is 15.7. The van der Waals surface area contributed by atoms with Crippen molar-refractivity contribution in [2.45, 2.75) is 26.4 Å². The molecular formula is C21H25ClN2O3. The number of benzene rings is 2. The highest BCUT2D eigenvalue weighted by molar-refractivity contribution is 6.31. The molecule has 1 N–H and O–H groups in total. The van der Waals surface area contributed by atoms with Gasteiger partial charge in [-0.05, 0) is 61.4 Å². The first-order chi connectivity index (χ1) is 13.1. The fraction of sp³-hybridized carbons (Fsp3) is 0.381. The minimum Gasteiger partial charge on any atom is -0.481 e. The summed E-state index contributed by atoms with van der Waals surface area (Å²) in [6.07, 6.45) is 0.00354. The lowest BCUT2D eigenvalue weighted by Gasteiger charge is -2.29. The molecular weight excluding hydrogens is 364 g/mol. The van der Waals surface area contributed by atoms with E-state index in [1.54, 1.807) is 12.1 Å². The Morgan fingerprint density at radius 1 is 1.22 bits per heavy atom. The van der Waals surface area contributed by atoms with Crippen LogP contribution in [0, 0.1) is 6.92 Å². The molecule has 0 spiro atoms. The fourth-order valence-corrected chi connectivity index (χ4v) is 3.09. The van der Waals surface area contributed by atoms with Crippen LogP contribution in [0.25, 0.3) is 0 Å². The van der Waals surface area contributed by atoms with E-state index >= 15 is 0 Å². The average Bonchev–Trinajstić information content (AvgIpc) is 2.70. The molecule has 1 atom stereocenters. The van der Waals surface area contributed by atoms with Crippen molar-refractivity contribution in [2.24, 2.45) is 0 Å². The number of halogens is 1. The molecule has 2 aromatic rings. The van der Waals surface area contributed by atoms with E-state index in [0.717, 1.165) is 43.2 Å². The van der Waals surface area contributed by atoms with Crippen LogP contribution in [-0.4, -0.2) is 38.3 Å². The highest BCUT2D eigenvalue weighted by Crippen LogP contribution is 2.23. The van der Waals surface area contributed by atoms with Crippen molar-refractivity contribution in [1.29, 1.82) is 0 Å². The summed E-state index contributed by atoms with van der Waals surface area (Å²) in [6.45, 7) is 7.10. The quantitative estimate of drug-likeness (QED) is 0.802. The molecule has 6 heteroatoms. The Kier molecular flexibility index (Phi) is 6.58. The smallest absolute Gasteiger partial charge is 0.265 e. The fourth-order valence-electron chi connectivity index (χ4n) is 2.98. The van der Waals surface area contributed by atoms with Gasteiger partial charge in [-0.1, -0.05) is 18.5 Å². The summed E-state index contributed by atoms with van der Waals surface area (Å²) in [5, 5.41) is 3.62. The lowest BCUT2D eigenvalue weighted by molar-refractivity contribution is -0.122. The molecule has 1 saturated heterocycles. The molecule has 27 heavy (non-hydrogen) atoms. The zero-order valence-corrected chi connectivity index (χ0v) is 16.5. The maximum Gasteiger partial charge on any atom is 0.265 e. The summed E-state index contributed by atoms with van der Waals surface area (Å²) >= 11 is 6.04. The lowest BCUT2D eigenvalue weighted by atomic mass is 10.2. The molecule has 0 bridgehead atoms. The van der Waals surface area contributed by atoms with Gasteiger partial charge < -0.3 is 19.7 Å². The maximum absolute atomic E-state index is 12.6. The number of aryl methyl sites for hydroxylation is 1. The molecule has 1 heterocycles. The molecule has 0 saturated carbocycles. The first kappa shape index (κ1) is 19.5. The second-order valence-electron chi connectivity index (χ2n) is 6.56. The summed E-state index contributed by atoms with van der Waals surface area (Å²) < 4.78 is 11.2. The summed E-state index contributed by atoms with van der Waals surface area (Å²) in [5.74, 6) is 0.478. The van der Waals surface area contributed by atoms with Gasteiger partial charge in [0.25, 0.3) is 5.91 Å². The third kappa shape index (κ3) is 5.15. The number of anilines is 2. The number of carbonyl (C=O) groups is 1. The van der Waals surface area contributed by atoms with Crippen LogP contribution in [0.3, 0.4) is 0 Å². The second-order valence-corrected chi connectivity index (χ2v) is 6.97. The Hall–Kier alpha value is -2.24. The summed E-state index contributed by atoms with van der Waals surface area (Å²) in [7, 11) is 0. The minimum atomic E-state index is -0.565. The number of rotatable bonds is 6. The average molecular weight is 389 g/mol. The SMILES string of the molecule is CCC(Oc1ccc(Cl)c(C)c1)C(=O)Nc1ccc(N2CCOCC2)cc1. The van der Waals surface area contributed by atoms with Crippen molar-refractivity contribution >= 4 is 28.9 Å². The lowest BCUT2D eigenvalue weighted by Crippen LogP contribution is -2.36. The Morgan fingerprint density at radius 2 is 1.93 bits per heavy atom. The van der Waals surface area contributed by atoms with Crippen LogP contribution in [0.1, 0.15) is 18.9 Å². The Bertz CT molecular complexity index is 773. The van der Waals surface area contributed by atoms with E-state index in [4.69, 9.17) is 21.1 Å². The number of nitrogens with one attached hydrogen (secondary N) is 1. The molecule has 1 aliphatic rings. The number of ether oxygens (including phenoxy) is 2. The van der Waals surface area contributed by atoms with Crippen LogP contribution in [0.4, 0.5) is 11.4 Å². The highest BCUT2D eigenvalue weighted by Gasteiger charge is 2.19. The van der Waals surface area contributed by atoms with Gasteiger partial charge in [-0.2, -0.15) is 0 Å². The molecule has 1 unspecified atom stereocenters. The molecule has 5 nitrogen and oxygen atoms in total. The first-order valence-electron chi connectivity index (χ1n) is 9.23. The molecule has 0 aliphatic carbocycles. The summed E-state index contributed by atoms with van der Waals surface area (Å²) in [5.41, 5.74) is 2.81. The van der Waals surface area contributed by atoms with Gasteiger partial charge in [0.1, 0.15) is 5.75 Å². The summed E-state index contributed by atoms with van der Waals surface area (Å²) in [4.78, 5) is 14.9. The number of hydrogen-bond acceptors (Lipinski definition) is 4. The van der Waals surface area contributed by atoms with Crippen molar-refractivity contribution in [3.8, 4) is 5.75 Å². The predicted molar refractivity (Wildman–Crippen MR) is 109 cm³/mol. The van der Waals surface area contributed by atoms with Crippen LogP contribution >= 0.6 is 11.6 Å². The van der Waals surface area contributed by atoms with Gasteiger partial charge in [-0.25, -0.2) is 0 Å². The van der Waals surface area contributed by atoms with E-state index in [0.29, 0.717) is 17.2 Å². The summed E-state index contributed by atoms with van der Waals surface area (Å²) in [6, 6.07) is 13.3. The third-order valence-electron chi connectivity index (χ3n) is 4.58. The Morgan fingerprint density at radius 3 is 2.56 bits per heavy atom. The number of carbonyl (C=O) groups excluding carboxylic acids is 1. The molecule has 3 rings (SSSR count). The van der Waals surface area contributed by atoms with Crippen molar-refractivity contribution in [1.82, 2.24) is 0 Å². The number of hydrogen-bond donors (Lipinski definition) is 1. The molecule has 144 valence electrons. The van der Waals surface area contributed by atoms with Crippen molar-refractivity contribution < 1.29 is 14.3 Å². The minimum absolute atomic E-state index is 0.163. The zero-order chi connectivity index (χ0) is 19.2. The van der Waals surface area contributed by atoms with E-state index in [2.05, 4.69) is 10.2 Å². The number of amides is 1. The van der Waals surface area contributed by atoms with E-state index in [1.165, 1.54) is 0 Å². The van der Waals surface area contributed by atoms with Crippen molar-refractivity contribution in [3.05, 3.63) is 53.1 Å². The number of nitrogens with zero attached hydrogens (tertiary/aromatic N) is 1. The standard InChI is InChI=1S/C21H25ClN2O3/c1-3-20(27-18-8-9-19(22)15(2)14-18)21(25)23-16-4-6-17(7-5-16)24-10-12-26-13-11-24/h4-9,14,20H,3,10-13H2,1-2H3,(H,23,25). The largest absolute Gasteiger partial charge is 0.481 e. The predicted octanol–water partition coefficient (Wildman–Crippen LogP) is 4.28. The van der Waals surface area contributed by atoms with Gasteiger partial charge in [-0.3, -0.25) is 4.79 Å². The molecule has 0 aromatic heterocycles. The van der Waals surface area contributed by atoms with Crippen LogP contribution in [-0.2, 0) is 9.53 Å². The van der Waals surface area contributed by atoms with E-state index < -0.39 is 6.10 Å². The van der Waals surface area contributed by atoms with E-state index in [1.807, 2.05) is 44.2 Å². The van der Waals surface area contributed by atoms with Crippen molar-refractivity contribution in [2.75, 3.05) is 36.5 Å². The maximum atomic E-state index is 12.6. The first-order valence-corrected chi connectivity index (χ1v) is 9.61. The van der Waals surface area contributed by atoms with Gasteiger partial charge in [0, 0.05) is 29.5 Å². The van der Waals surface area contributed by atoms with Crippen LogP contribution in [0.2, 0.25) is 5.02 Å². The van der Waals surface area contributed by atoms with Gasteiger partial charge in [0.2, 0.25) is 0 Å². The molecule has 2 aromatic carbocycles. The Labute approximate surface area is 165 Å². The second kappa shape index (κ2) is 9.11. The van der Waals surface area contributed by atoms with Gasteiger partial charge in [0.05, 0.1) is 13.2 Å². The van der Waals surface area contributed by atoms with Crippen LogP contribution in [0.15, 0.2) is 42.5 Å². The van der Waals surface area contributed by atoms with Gasteiger partial charge in [-0.15, -0.1) is 0 Å². The molecule has 1 fully saturated rings. The molecule has 1 aliphatic heterocycles. The Balaban J connectivity index is 1.61. The van der Waals surface area contributed by atoms with E-state index in [-0.39, 0.29) is 5.91 Å². The van der Waals surface area contributed by atoms with Crippen molar-refractivity contribution in [3.63, 3.8) is 0 Å². The normalized spacial score (nSPS) is 15.3. The van der Waals surface area contributed by atoms with Crippen LogP contribution < -0.4 is 15.0 Å². The van der Waals surface area contributed by atoms with Gasteiger partial charge >= 0.3 is 0 Å². The third-order valence-corrected chi connectivity index (χ3v) is 5.01. The van der Waals surface area contributed by atoms with Gasteiger partial charge in [0.15, 0.2) is 6.10 Å². The topological polar surface area (TPSA) is 50.8 Å². The highest BCUT2D eigenvalue weighted by atomic mass is 35.5. The van der Waals surface area contributed by atoms with Crippen LogP contribution in [0.5, 0.6) is 5.75 Å². The van der Waals surface area contributed by atoms with E-state index in [9.17, 15) is 4.79 Å².